The summed E-state index contributed by atoms with van der Waals surface area (Å²) in [5.74, 6) is -0.227. The van der Waals surface area contributed by atoms with Crippen molar-refractivity contribution in [3.05, 3.63) is 59.9 Å². The molecule has 0 saturated heterocycles. The number of hydrogen-bond acceptors (Lipinski definition) is 3. The molecule has 6 nitrogen and oxygen atoms in total. The van der Waals surface area contributed by atoms with Crippen LogP contribution in [-0.2, 0) is 11.3 Å². The Morgan fingerprint density at radius 3 is 2.60 bits per heavy atom. The Labute approximate surface area is 145 Å². The van der Waals surface area contributed by atoms with Crippen molar-refractivity contribution in [2.75, 3.05) is 5.32 Å². The number of nitrogens with zero attached hydrogens (tertiary/aromatic N) is 1. The van der Waals surface area contributed by atoms with Crippen molar-refractivity contribution in [2.45, 2.75) is 20.4 Å². The number of rotatable bonds is 5. The highest BCUT2D eigenvalue weighted by atomic mass is 16.2. The molecule has 2 aromatic carbocycles. The molecule has 3 aromatic rings. The normalized spacial score (nSPS) is 10.8. The summed E-state index contributed by atoms with van der Waals surface area (Å²) in [6.45, 7) is 4.11. The van der Waals surface area contributed by atoms with E-state index in [2.05, 4.69) is 20.6 Å². The van der Waals surface area contributed by atoms with E-state index in [1.165, 1.54) is 0 Å². The zero-order valence-corrected chi connectivity index (χ0v) is 14.2. The molecule has 0 atom stereocenters. The number of aromatic nitrogens is 2. The third-order valence-corrected chi connectivity index (χ3v) is 3.88. The topological polar surface area (TPSA) is 86.9 Å². The van der Waals surface area contributed by atoms with Crippen molar-refractivity contribution in [1.29, 1.82) is 0 Å². The molecule has 0 unspecified atom stereocenters. The Hall–Kier alpha value is -3.15. The Bertz CT molecular complexity index is 897. The number of aromatic amines is 1. The minimum absolute atomic E-state index is 0.0183. The van der Waals surface area contributed by atoms with Crippen LogP contribution in [0.5, 0.6) is 0 Å². The highest BCUT2D eigenvalue weighted by Gasteiger charge is 2.08. The number of imidazole rings is 1. The van der Waals surface area contributed by atoms with Gasteiger partial charge in [-0.15, -0.1) is 0 Å². The maximum atomic E-state index is 12.3. The van der Waals surface area contributed by atoms with Gasteiger partial charge in [-0.25, -0.2) is 4.98 Å². The number of amides is 2. The van der Waals surface area contributed by atoms with Crippen molar-refractivity contribution in [1.82, 2.24) is 15.3 Å². The van der Waals surface area contributed by atoms with Gasteiger partial charge in [0.05, 0.1) is 17.4 Å². The Balaban J connectivity index is 1.59. The molecule has 1 heterocycles. The van der Waals surface area contributed by atoms with E-state index in [9.17, 15) is 9.59 Å². The number of fused-ring (bicyclic) bond motifs is 1. The summed E-state index contributed by atoms with van der Waals surface area (Å²) in [5, 5.41) is 5.73. The molecule has 0 aliphatic rings. The largest absolute Gasteiger partial charge is 0.348 e. The van der Waals surface area contributed by atoms with E-state index in [1.54, 1.807) is 18.5 Å². The zero-order chi connectivity index (χ0) is 17.8. The van der Waals surface area contributed by atoms with Gasteiger partial charge in [0, 0.05) is 23.7 Å². The average Bonchev–Trinajstić information content (AvgIpc) is 3.08. The second kappa shape index (κ2) is 7.17. The SMILES string of the molecule is CC(C)C(=O)Nc1ccc(CNC(=O)c2ccc3nc[nH]c3c2)cc1. The van der Waals surface area contributed by atoms with Crippen LogP contribution in [0.2, 0.25) is 0 Å². The fourth-order valence-corrected chi connectivity index (χ4v) is 2.35. The van der Waals surface area contributed by atoms with Crippen LogP contribution >= 0.6 is 0 Å². The number of hydrogen-bond donors (Lipinski definition) is 3. The molecule has 3 N–H and O–H groups in total. The number of anilines is 1. The summed E-state index contributed by atoms with van der Waals surface area (Å²) < 4.78 is 0. The third-order valence-electron chi connectivity index (χ3n) is 3.88. The van der Waals surface area contributed by atoms with Crippen LogP contribution in [0.3, 0.4) is 0 Å². The van der Waals surface area contributed by atoms with Crippen LogP contribution < -0.4 is 10.6 Å². The summed E-state index contributed by atoms with van der Waals surface area (Å²) in [6, 6.07) is 12.8. The Morgan fingerprint density at radius 2 is 1.88 bits per heavy atom. The monoisotopic (exact) mass is 336 g/mol. The fraction of sp³-hybridized carbons (Fsp3) is 0.211. The number of benzene rings is 2. The second-order valence-electron chi connectivity index (χ2n) is 6.16. The first-order valence-corrected chi connectivity index (χ1v) is 8.14. The molecule has 0 aliphatic heterocycles. The molecule has 0 radical (unpaired) electrons. The van der Waals surface area contributed by atoms with Gasteiger partial charge in [0.25, 0.3) is 5.91 Å². The summed E-state index contributed by atoms with van der Waals surface area (Å²) in [6.07, 6.45) is 1.60. The first kappa shape index (κ1) is 16.7. The van der Waals surface area contributed by atoms with Crippen LogP contribution in [0.15, 0.2) is 48.8 Å². The van der Waals surface area contributed by atoms with Crippen LogP contribution in [0, 0.1) is 5.92 Å². The van der Waals surface area contributed by atoms with E-state index in [0.717, 1.165) is 22.3 Å². The lowest BCUT2D eigenvalue weighted by molar-refractivity contribution is -0.118. The summed E-state index contributed by atoms with van der Waals surface area (Å²) in [5.41, 5.74) is 3.95. The van der Waals surface area contributed by atoms with Gasteiger partial charge in [-0.3, -0.25) is 9.59 Å². The molecule has 0 saturated carbocycles. The van der Waals surface area contributed by atoms with Gasteiger partial charge in [-0.05, 0) is 35.9 Å². The van der Waals surface area contributed by atoms with Crippen LogP contribution in [-0.4, -0.2) is 21.8 Å². The van der Waals surface area contributed by atoms with E-state index < -0.39 is 0 Å². The lowest BCUT2D eigenvalue weighted by atomic mass is 10.1. The van der Waals surface area contributed by atoms with Crippen LogP contribution in [0.1, 0.15) is 29.8 Å². The lowest BCUT2D eigenvalue weighted by Gasteiger charge is -2.09. The molecule has 2 amide bonds. The predicted molar refractivity (Wildman–Crippen MR) is 97.2 cm³/mol. The van der Waals surface area contributed by atoms with Gasteiger partial charge in [0.15, 0.2) is 0 Å². The molecular weight excluding hydrogens is 316 g/mol. The zero-order valence-electron chi connectivity index (χ0n) is 14.2. The van der Waals surface area contributed by atoms with Gasteiger partial charge >= 0.3 is 0 Å². The van der Waals surface area contributed by atoms with Gasteiger partial charge in [-0.1, -0.05) is 26.0 Å². The maximum Gasteiger partial charge on any atom is 0.251 e. The van der Waals surface area contributed by atoms with E-state index in [-0.39, 0.29) is 17.7 Å². The number of carbonyl (C=O) groups excluding carboxylic acids is 2. The van der Waals surface area contributed by atoms with Gasteiger partial charge < -0.3 is 15.6 Å². The highest BCUT2D eigenvalue weighted by Crippen LogP contribution is 2.13. The second-order valence-corrected chi connectivity index (χ2v) is 6.16. The van der Waals surface area contributed by atoms with E-state index in [4.69, 9.17) is 0 Å². The molecule has 0 bridgehead atoms. The average molecular weight is 336 g/mol. The standard InChI is InChI=1S/C19H20N4O2/c1-12(2)18(24)23-15-6-3-13(4-7-15)10-20-19(25)14-5-8-16-17(9-14)22-11-21-16/h3-9,11-12H,10H2,1-2H3,(H,20,25)(H,21,22)(H,23,24). The Kier molecular flexibility index (Phi) is 4.79. The smallest absolute Gasteiger partial charge is 0.251 e. The number of H-pyrrole nitrogens is 1. The molecule has 128 valence electrons. The van der Waals surface area contributed by atoms with Gasteiger partial charge in [0.1, 0.15) is 0 Å². The molecule has 1 aromatic heterocycles. The quantitative estimate of drug-likeness (QED) is 0.669. The van der Waals surface area contributed by atoms with E-state index >= 15 is 0 Å². The molecule has 25 heavy (non-hydrogen) atoms. The predicted octanol–water partition coefficient (Wildman–Crippen LogP) is 3.09. The summed E-state index contributed by atoms with van der Waals surface area (Å²) in [4.78, 5) is 31.1. The Morgan fingerprint density at radius 1 is 1.12 bits per heavy atom. The minimum atomic E-state index is -0.145. The van der Waals surface area contributed by atoms with Crippen molar-refractivity contribution < 1.29 is 9.59 Å². The molecule has 0 fully saturated rings. The fourth-order valence-electron chi connectivity index (χ4n) is 2.35. The van der Waals surface area contributed by atoms with E-state index in [0.29, 0.717) is 12.1 Å². The first-order chi connectivity index (χ1) is 12.0. The molecule has 0 aliphatic carbocycles. The number of carbonyl (C=O) groups is 2. The summed E-state index contributed by atoms with van der Waals surface area (Å²) >= 11 is 0. The van der Waals surface area contributed by atoms with Crippen LogP contribution in [0.4, 0.5) is 5.69 Å². The minimum Gasteiger partial charge on any atom is -0.348 e. The van der Waals surface area contributed by atoms with Crippen LogP contribution in [0.25, 0.3) is 11.0 Å². The summed E-state index contributed by atoms with van der Waals surface area (Å²) in [7, 11) is 0. The highest BCUT2D eigenvalue weighted by molar-refractivity contribution is 5.97. The molecule has 0 spiro atoms. The maximum absolute atomic E-state index is 12.3. The van der Waals surface area contributed by atoms with Crippen molar-refractivity contribution in [3.8, 4) is 0 Å². The van der Waals surface area contributed by atoms with Gasteiger partial charge in [0.2, 0.25) is 5.91 Å². The first-order valence-electron chi connectivity index (χ1n) is 8.14. The van der Waals surface area contributed by atoms with Crippen molar-refractivity contribution >= 4 is 28.5 Å². The number of nitrogens with one attached hydrogen (secondary N) is 3. The van der Waals surface area contributed by atoms with Gasteiger partial charge in [-0.2, -0.15) is 0 Å². The van der Waals surface area contributed by atoms with Crippen molar-refractivity contribution in [3.63, 3.8) is 0 Å². The molecular formula is C19H20N4O2. The van der Waals surface area contributed by atoms with Crippen molar-refractivity contribution in [2.24, 2.45) is 5.92 Å². The molecule has 3 rings (SSSR count). The van der Waals surface area contributed by atoms with E-state index in [1.807, 2.05) is 44.2 Å². The molecule has 6 heteroatoms. The third kappa shape index (κ3) is 4.03. The lowest BCUT2D eigenvalue weighted by Crippen LogP contribution is -2.22.